The molecule has 3 rings (SSSR count). The van der Waals surface area contributed by atoms with Crippen LogP contribution in [-0.4, -0.2) is 62.7 Å². The Labute approximate surface area is 294 Å². The van der Waals surface area contributed by atoms with Gasteiger partial charge < -0.3 is 28.5 Å². The fourth-order valence-corrected chi connectivity index (χ4v) is 6.83. The number of ketones is 1. The molecular weight excluding hydrogens is 644 g/mol. The summed E-state index contributed by atoms with van der Waals surface area (Å²) in [5, 5.41) is 9.86. The van der Waals surface area contributed by atoms with Gasteiger partial charge in [-0.2, -0.15) is 0 Å². The molecule has 0 saturated carbocycles. The van der Waals surface area contributed by atoms with Crippen LogP contribution < -0.4 is 4.74 Å². The van der Waals surface area contributed by atoms with Gasteiger partial charge in [-0.1, -0.05) is 107 Å². The second kappa shape index (κ2) is 17.9. The first-order valence-corrected chi connectivity index (χ1v) is 20.0. The molecule has 0 bridgehead atoms. The molecule has 0 radical (unpaired) electrons. The molecule has 0 fully saturated rings. The minimum atomic E-state index is -2.54. The van der Waals surface area contributed by atoms with Crippen LogP contribution in [0.25, 0.3) is 0 Å². The number of hydrogen-bond acceptors (Lipinski definition) is 7. The highest BCUT2D eigenvalue weighted by Gasteiger charge is 2.53. The molecule has 0 saturated heterocycles. The molecule has 0 aliphatic carbocycles. The number of halogens is 1. The molecule has 0 spiro atoms. The zero-order chi connectivity index (χ0) is 35.5. The van der Waals surface area contributed by atoms with Gasteiger partial charge in [0, 0.05) is 5.41 Å². The van der Waals surface area contributed by atoms with E-state index in [1.807, 2.05) is 98.8 Å². The molecule has 48 heavy (non-hydrogen) atoms. The van der Waals surface area contributed by atoms with Gasteiger partial charge in [-0.3, -0.25) is 4.79 Å². The lowest BCUT2D eigenvalue weighted by molar-refractivity contribution is -0.190. The summed E-state index contributed by atoms with van der Waals surface area (Å²) in [6, 6.07) is 27.2. The van der Waals surface area contributed by atoms with Crippen LogP contribution in [0.4, 0.5) is 0 Å². The predicted molar refractivity (Wildman–Crippen MR) is 195 cm³/mol. The van der Waals surface area contributed by atoms with Gasteiger partial charge in [-0.25, -0.2) is 0 Å². The number of benzene rings is 3. The molecule has 0 aliphatic rings. The molecule has 0 aromatic heterocycles. The zero-order valence-corrected chi connectivity index (χ0v) is 31.8. The van der Waals surface area contributed by atoms with Gasteiger partial charge >= 0.3 is 0 Å². The maximum absolute atomic E-state index is 14.0. The number of rotatable bonds is 19. The summed E-state index contributed by atoms with van der Waals surface area (Å²) in [4.78, 5) is 14.0. The summed E-state index contributed by atoms with van der Waals surface area (Å²) in [5.74, 6) is 0.467. The molecule has 264 valence electrons. The Kier molecular flexibility index (Phi) is 14.9. The van der Waals surface area contributed by atoms with Crippen LogP contribution in [0.3, 0.4) is 0 Å². The van der Waals surface area contributed by atoms with Gasteiger partial charge in [-0.15, -0.1) is 11.6 Å². The molecule has 3 aromatic carbocycles. The fraction of sp³-hybridized carbons (Fsp3) is 0.513. The second-order valence-electron chi connectivity index (χ2n) is 14.5. The minimum Gasteiger partial charge on any atom is -0.497 e. The van der Waals surface area contributed by atoms with Crippen molar-refractivity contribution >= 4 is 25.7 Å². The molecule has 0 heterocycles. The van der Waals surface area contributed by atoms with E-state index < -0.39 is 43.5 Å². The maximum atomic E-state index is 14.0. The molecule has 0 amide bonds. The first kappa shape index (κ1) is 39.9. The Morgan fingerprint density at radius 3 is 1.69 bits per heavy atom. The Bertz CT molecular complexity index is 1370. The SMILES string of the molecule is COc1ccc(CO[C@@H]([C@H](CO)OCc2ccccc2)C(C)(C)[C@@H](O[Si](C)(C)C(C)(C)C)[C@@H](OCc2ccccc2)C(=O)C(C)Cl)cc1. The van der Waals surface area contributed by atoms with Gasteiger partial charge in [-0.05, 0) is 53.9 Å². The molecule has 7 nitrogen and oxygen atoms in total. The standard InChI is InChI=1S/C39H55ClO7Si/c1-28(40)34(42)35(45-26-30-18-14-11-15-19-30)37(47-48(8,9)38(2,3)4)39(5,6)36(46-27-31-20-22-32(43-7)23-21-31)33(24-41)44-25-29-16-12-10-13-17-29/h10-23,28,33,35-37,41H,24-27H2,1-9H3/t28?,33-,35-,36-,37-/m0/s1. The summed E-state index contributed by atoms with van der Waals surface area (Å²) >= 11 is 6.53. The van der Waals surface area contributed by atoms with E-state index in [1.165, 1.54) is 0 Å². The summed E-state index contributed by atoms with van der Waals surface area (Å²) in [6.45, 7) is 16.8. The molecule has 3 aromatic rings. The predicted octanol–water partition coefficient (Wildman–Crippen LogP) is 8.36. The van der Waals surface area contributed by atoms with E-state index in [1.54, 1.807) is 14.0 Å². The van der Waals surface area contributed by atoms with Crippen molar-refractivity contribution in [1.29, 1.82) is 0 Å². The van der Waals surface area contributed by atoms with Crippen molar-refractivity contribution in [3.63, 3.8) is 0 Å². The second-order valence-corrected chi connectivity index (χ2v) is 19.9. The van der Waals surface area contributed by atoms with Crippen molar-refractivity contribution in [2.45, 2.75) is 109 Å². The van der Waals surface area contributed by atoms with Crippen LogP contribution in [0.1, 0.15) is 58.2 Å². The highest BCUT2D eigenvalue weighted by Crippen LogP contribution is 2.44. The molecule has 1 unspecified atom stereocenters. The van der Waals surface area contributed by atoms with E-state index in [2.05, 4.69) is 33.9 Å². The summed E-state index contributed by atoms with van der Waals surface area (Å²) in [5.41, 5.74) is 1.87. The third-order valence-electron chi connectivity index (χ3n) is 9.33. The van der Waals surface area contributed by atoms with E-state index >= 15 is 0 Å². The molecule has 9 heteroatoms. The van der Waals surface area contributed by atoms with Crippen LogP contribution in [0.5, 0.6) is 5.75 Å². The van der Waals surface area contributed by atoms with E-state index in [9.17, 15) is 9.90 Å². The lowest BCUT2D eigenvalue weighted by Crippen LogP contribution is -2.61. The van der Waals surface area contributed by atoms with Gasteiger partial charge in [0.2, 0.25) is 0 Å². The number of carbonyl (C=O) groups excluding carboxylic acids is 1. The maximum Gasteiger partial charge on any atom is 0.192 e. The van der Waals surface area contributed by atoms with E-state index in [4.69, 9.17) is 35.0 Å². The van der Waals surface area contributed by atoms with Crippen LogP contribution >= 0.6 is 11.6 Å². The van der Waals surface area contributed by atoms with Crippen molar-refractivity contribution in [2.24, 2.45) is 5.41 Å². The number of methoxy groups -OCH3 is 1. The average molecular weight is 699 g/mol. The van der Waals surface area contributed by atoms with Crippen LogP contribution in [-0.2, 0) is 43.3 Å². The normalized spacial score (nSPS) is 15.7. The van der Waals surface area contributed by atoms with Gasteiger partial charge in [0.05, 0.1) is 51.1 Å². The van der Waals surface area contributed by atoms with Crippen molar-refractivity contribution < 1.29 is 33.3 Å². The summed E-state index contributed by atoms with van der Waals surface area (Å²) < 4.78 is 32.3. The van der Waals surface area contributed by atoms with Gasteiger partial charge in [0.1, 0.15) is 18.0 Å². The largest absolute Gasteiger partial charge is 0.497 e. The monoisotopic (exact) mass is 698 g/mol. The number of carbonyl (C=O) groups is 1. The fourth-order valence-electron chi connectivity index (χ4n) is 5.29. The quantitative estimate of drug-likeness (QED) is 0.0995. The first-order chi connectivity index (χ1) is 22.6. The lowest BCUT2D eigenvalue weighted by atomic mass is 9.75. The van der Waals surface area contributed by atoms with Gasteiger partial charge in [0.15, 0.2) is 14.1 Å². The van der Waals surface area contributed by atoms with Crippen molar-refractivity contribution in [3.8, 4) is 5.75 Å². The topological polar surface area (TPSA) is 83.5 Å². The first-order valence-electron chi connectivity index (χ1n) is 16.6. The zero-order valence-electron chi connectivity index (χ0n) is 30.1. The molecule has 5 atom stereocenters. The molecule has 1 N–H and O–H groups in total. The van der Waals surface area contributed by atoms with Crippen LogP contribution in [0.2, 0.25) is 18.1 Å². The van der Waals surface area contributed by atoms with Gasteiger partial charge in [0.25, 0.3) is 0 Å². The third-order valence-corrected chi connectivity index (χ3v) is 14.0. The Hall–Kier alpha value is -2.56. The lowest BCUT2D eigenvalue weighted by Gasteiger charge is -2.50. The smallest absolute Gasteiger partial charge is 0.192 e. The third kappa shape index (κ3) is 11.0. The van der Waals surface area contributed by atoms with E-state index in [-0.39, 0.29) is 37.2 Å². The number of alkyl halides is 1. The summed E-state index contributed by atoms with van der Waals surface area (Å²) in [7, 11) is -0.910. The van der Waals surface area contributed by atoms with Crippen LogP contribution in [0.15, 0.2) is 84.9 Å². The number of aliphatic hydroxyl groups excluding tert-OH is 1. The minimum absolute atomic E-state index is 0.180. The van der Waals surface area contributed by atoms with Crippen molar-refractivity contribution in [3.05, 3.63) is 102 Å². The Morgan fingerprint density at radius 2 is 1.23 bits per heavy atom. The number of ether oxygens (including phenoxy) is 4. The van der Waals surface area contributed by atoms with E-state index in [0.717, 1.165) is 22.4 Å². The Balaban J connectivity index is 2.11. The molecule has 0 aliphatic heterocycles. The summed E-state index contributed by atoms with van der Waals surface area (Å²) in [6.07, 6.45) is -3.32. The van der Waals surface area contributed by atoms with Crippen molar-refractivity contribution in [2.75, 3.05) is 13.7 Å². The number of aliphatic hydroxyl groups is 1. The highest BCUT2D eigenvalue weighted by atomic mass is 35.5. The molecular formula is C39H55ClO7Si. The average Bonchev–Trinajstić information content (AvgIpc) is 3.06. The number of Topliss-reactive ketones (excluding diaryl/α,β-unsaturated/α-hetero) is 1. The van der Waals surface area contributed by atoms with Crippen molar-refractivity contribution in [1.82, 2.24) is 0 Å². The Morgan fingerprint density at radius 1 is 0.750 bits per heavy atom. The number of hydrogen-bond donors (Lipinski definition) is 1. The highest BCUT2D eigenvalue weighted by molar-refractivity contribution is 6.74. The van der Waals surface area contributed by atoms with Crippen LogP contribution in [0, 0.1) is 5.41 Å². The van der Waals surface area contributed by atoms with E-state index in [0.29, 0.717) is 0 Å².